The van der Waals surface area contributed by atoms with E-state index < -0.39 is 226 Å². The first kappa shape index (κ1) is 74.2. The first-order valence-electron chi connectivity index (χ1n) is 28.7. The first-order valence-corrected chi connectivity index (χ1v) is 28.7. The number of carbonyl (C=O) groups excluding carboxylic acids is 12. The molecule has 2 N–H and O–H groups in total. The highest BCUT2D eigenvalue weighted by atomic mass is 19.1. The second kappa shape index (κ2) is 33.7. The van der Waals surface area contributed by atoms with Gasteiger partial charge in [0.05, 0.1) is 18.6 Å². The molecule has 0 bridgehead atoms. The minimum atomic E-state index is -2.36. The number of nitrogens with one attached hydrogen (secondary N) is 2. The maximum atomic E-state index is 16.4. The van der Waals surface area contributed by atoms with Gasteiger partial charge in [0.2, 0.25) is 11.8 Å². The van der Waals surface area contributed by atoms with Crippen LogP contribution in [0.15, 0.2) is 30.3 Å². The zero-order chi connectivity index (χ0) is 67.8. The number of amides is 2. The predicted molar refractivity (Wildman–Crippen MR) is 294 cm³/mol. The summed E-state index contributed by atoms with van der Waals surface area (Å²) in [6.45, 7) is 12.1. The molecule has 0 radical (unpaired) electrons. The number of rotatable bonds is 25. The Morgan fingerprint density at radius 3 is 1.24 bits per heavy atom. The van der Waals surface area contributed by atoms with Gasteiger partial charge in [-0.1, -0.05) is 30.3 Å². The molecule has 0 spiro atoms. The van der Waals surface area contributed by atoms with Crippen molar-refractivity contribution < 1.29 is 147 Å². The molecule has 1 aromatic carbocycles. The molecular formula is C58H79FN2O30. The van der Waals surface area contributed by atoms with Gasteiger partial charge in [-0.25, -0.2) is 4.39 Å². The van der Waals surface area contributed by atoms with Gasteiger partial charge in [-0.3, -0.25) is 57.5 Å². The lowest BCUT2D eigenvalue weighted by Gasteiger charge is -2.50. The van der Waals surface area contributed by atoms with Gasteiger partial charge in [0.15, 0.2) is 74.1 Å². The summed E-state index contributed by atoms with van der Waals surface area (Å²) in [6, 6.07) is 5.17. The van der Waals surface area contributed by atoms with Crippen LogP contribution in [0, 0.1) is 5.41 Å². The Morgan fingerprint density at radius 1 is 0.396 bits per heavy atom. The number of ether oxygens (including phenoxy) is 18. The van der Waals surface area contributed by atoms with E-state index in [2.05, 4.69) is 10.6 Å². The van der Waals surface area contributed by atoms with Crippen LogP contribution in [0.4, 0.5) is 4.39 Å². The molecule has 91 heavy (non-hydrogen) atoms. The molecule has 5 rings (SSSR count). The number of halogens is 1. The fraction of sp³-hybridized carbons (Fsp3) is 0.690. The highest BCUT2D eigenvalue weighted by molar-refractivity contribution is 5.76. The number of carbonyl (C=O) groups is 12. The summed E-state index contributed by atoms with van der Waals surface area (Å²) in [4.78, 5) is 155. The third-order valence-corrected chi connectivity index (χ3v) is 13.5. The second-order valence-electron chi connectivity index (χ2n) is 22.4. The van der Waals surface area contributed by atoms with Gasteiger partial charge in [0, 0.05) is 76.2 Å². The van der Waals surface area contributed by atoms with Crippen molar-refractivity contribution in [1.82, 2.24) is 10.6 Å². The summed E-state index contributed by atoms with van der Waals surface area (Å²) in [7, 11) is 0. The lowest BCUT2D eigenvalue weighted by Crippen LogP contribution is -2.70. The van der Waals surface area contributed by atoms with Crippen molar-refractivity contribution in [3.63, 3.8) is 0 Å². The van der Waals surface area contributed by atoms with Crippen molar-refractivity contribution >= 4 is 71.5 Å². The summed E-state index contributed by atoms with van der Waals surface area (Å²) in [5, 5.41) is 5.27. The van der Waals surface area contributed by atoms with Gasteiger partial charge in [-0.2, -0.15) is 0 Å². The van der Waals surface area contributed by atoms with E-state index in [1.807, 2.05) is 0 Å². The zero-order valence-electron chi connectivity index (χ0n) is 52.6. The molecule has 4 aliphatic heterocycles. The fourth-order valence-electron chi connectivity index (χ4n) is 10.0. The number of hydrogen-bond acceptors (Lipinski definition) is 30. The molecule has 4 heterocycles. The van der Waals surface area contributed by atoms with Crippen LogP contribution >= 0.6 is 0 Å². The number of hydrogen-bond donors (Lipinski definition) is 2. The molecule has 4 saturated heterocycles. The lowest BCUT2D eigenvalue weighted by molar-refractivity contribution is -0.358. The zero-order valence-corrected chi connectivity index (χ0v) is 52.6. The molecule has 0 unspecified atom stereocenters. The van der Waals surface area contributed by atoms with Crippen molar-refractivity contribution in [2.24, 2.45) is 5.41 Å². The summed E-state index contributed by atoms with van der Waals surface area (Å²) in [5.74, 6) is -11.3. The van der Waals surface area contributed by atoms with E-state index in [1.54, 1.807) is 30.3 Å². The minimum absolute atomic E-state index is 0.253. The van der Waals surface area contributed by atoms with Crippen molar-refractivity contribution in [2.75, 3.05) is 26.4 Å². The highest BCUT2D eigenvalue weighted by Gasteiger charge is 2.60. The van der Waals surface area contributed by atoms with Gasteiger partial charge in [0.1, 0.15) is 68.5 Å². The Bertz CT molecular complexity index is 2750. The van der Waals surface area contributed by atoms with E-state index in [-0.39, 0.29) is 6.61 Å². The van der Waals surface area contributed by atoms with Gasteiger partial charge < -0.3 is 95.9 Å². The van der Waals surface area contributed by atoms with Crippen LogP contribution in [-0.2, 0) is 149 Å². The van der Waals surface area contributed by atoms with E-state index in [0.717, 1.165) is 76.2 Å². The normalized spacial score (nSPS) is 31.3. The van der Waals surface area contributed by atoms with E-state index in [1.165, 1.54) is 20.8 Å². The fourth-order valence-corrected chi connectivity index (χ4v) is 10.0. The van der Waals surface area contributed by atoms with E-state index in [0.29, 0.717) is 5.56 Å². The van der Waals surface area contributed by atoms with E-state index in [9.17, 15) is 57.5 Å². The molecule has 20 atom stereocenters. The Morgan fingerprint density at radius 2 is 0.758 bits per heavy atom. The molecule has 1 aromatic rings. The number of alkyl halides is 1. The van der Waals surface area contributed by atoms with Crippen LogP contribution in [0.5, 0.6) is 0 Å². The Hall–Kier alpha value is -7.53. The lowest BCUT2D eigenvalue weighted by atomic mass is 9.94. The molecule has 0 aliphatic carbocycles. The Balaban J connectivity index is 1.70. The van der Waals surface area contributed by atoms with Crippen LogP contribution in [0.1, 0.15) is 102 Å². The molecule has 0 saturated carbocycles. The summed E-state index contributed by atoms with van der Waals surface area (Å²) in [5.41, 5.74) is -0.630. The quantitative estimate of drug-likeness (QED) is 0.0992. The predicted octanol–water partition coefficient (Wildman–Crippen LogP) is 0.475. The molecule has 2 amide bonds. The standard InChI is InChI=1S/C58H79FN2O30/c1-25(62)60-42-48(82-32(8)69)45(90-55-51(84-34(10)71)47(81-31(7)68)41(59)37(86-55)21-74-27(3)64)40(24-78-57(73)58(12,13)14)88-54(42)77-23-39-44(79-29(5)66)49(43(61-26(2)63)53(87-39)76-20-36-18-16-15-17-19-36)91-56-52(85-35(11)72)50(83-33(9)70)46(80-30(6)67)38(89-56)22-75-28(4)65/h15-19,37-56H,20-24H2,1-14H3,(H,60,62)(H,61,63)/t37-,38-,39-,40-,41+,42-,43-,44+,45-,46+,47+,48-,49-,50+,51-,52-,53+,54-,55+,56+/m1/s1. The Labute approximate surface area is 522 Å². The summed E-state index contributed by atoms with van der Waals surface area (Å²) >= 11 is 0. The average Bonchev–Trinajstić information content (AvgIpc) is 0.781. The molecule has 32 nitrogen and oxygen atoms in total. The SMILES string of the molecule is CC(=O)N[C@H]1[C@@H](OCc2ccccc2)O[C@H](CO[C@@H]2O[C@H](COC(=O)C(C)(C)C)[C@@H](O[C@@H]3O[C@H](COC(C)=O)[C@H](F)[C@H](OC(C)=O)[C@H]3OC(C)=O)[C@H](OC(C)=O)[C@H]2NC(C)=O)[C@H](OC(C)=O)[C@@H]1O[C@@H]1O[C@H](COC(C)=O)[C@H](OC(C)=O)[C@H](OC(C)=O)[C@H]1OC(C)=O. The van der Waals surface area contributed by atoms with Crippen molar-refractivity contribution in [3.05, 3.63) is 35.9 Å². The average molecular weight is 1300 g/mol. The topological polar surface area (TPSA) is 395 Å². The number of benzene rings is 1. The third-order valence-electron chi connectivity index (χ3n) is 13.5. The molecular weight excluding hydrogens is 1220 g/mol. The highest BCUT2D eigenvalue weighted by Crippen LogP contribution is 2.38. The molecule has 508 valence electrons. The van der Waals surface area contributed by atoms with Crippen LogP contribution in [-0.4, -0.2) is 221 Å². The van der Waals surface area contributed by atoms with Crippen molar-refractivity contribution in [1.29, 1.82) is 0 Å². The molecule has 33 heteroatoms. The largest absolute Gasteiger partial charge is 0.463 e. The van der Waals surface area contributed by atoms with Crippen LogP contribution < -0.4 is 10.6 Å². The van der Waals surface area contributed by atoms with Crippen molar-refractivity contribution in [2.45, 2.75) is 226 Å². The third kappa shape index (κ3) is 22.1. The molecule has 0 aromatic heterocycles. The summed E-state index contributed by atoms with van der Waals surface area (Å²) in [6.07, 6.45) is -33.6. The molecule has 4 aliphatic rings. The summed E-state index contributed by atoms with van der Waals surface area (Å²) < 4.78 is 123. The van der Waals surface area contributed by atoms with E-state index in [4.69, 9.17) is 85.3 Å². The van der Waals surface area contributed by atoms with Crippen molar-refractivity contribution in [3.8, 4) is 0 Å². The first-order chi connectivity index (χ1) is 42.6. The van der Waals surface area contributed by atoms with Crippen LogP contribution in [0.25, 0.3) is 0 Å². The van der Waals surface area contributed by atoms with Gasteiger partial charge in [0.25, 0.3) is 0 Å². The second-order valence-corrected chi connectivity index (χ2v) is 22.4. The monoisotopic (exact) mass is 1300 g/mol. The van der Waals surface area contributed by atoms with Gasteiger partial charge in [-0.05, 0) is 26.3 Å². The van der Waals surface area contributed by atoms with E-state index >= 15 is 4.39 Å². The maximum absolute atomic E-state index is 16.4. The van der Waals surface area contributed by atoms with Crippen LogP contribution in [0.3, 0.4) is 0 Å². The smallest absolute Gasteiger partial charge is 0.311 e. The Kier molecular flexibility index (Phi) is 27.5. The minimum Gasteiger partial charge on any atom is -0.463 e. The van der Waals surface area contributed by atoms with Gasteiger partial charge in [-0.15, -0.1) is 0 Å². The van der Waals surface area contributed by atoms with Gasteiger partial charge >= 0.3 is 59.7 Å². The molecule has 4 fully saturated rings. The number of esters is 10. The maximum Gasteiger partial charge on any atom is 0.311 e. The van der Waals surface area contributed by atoms with Crippen LogP contribution in [0.2, 0.25) is 0 Å².